The minimum absolute atomic E-state index is 0.0345. The second-order valence-electron chi connectivity index (χ2n) is 3.62. The molecule has 8 nitrogen and oxygen atoms in total. The van der Waals surface area contributed by atoms with Crippen molar-refractivity contribution in [1.82, 2.24) is 4.31 Å². The maximum atomic E-state index is 12.0. The number of ether oxygens (including phenoxy) is 1. The van der Waals surface area contributed by atoms with Gasteiger partial charge in [-0.2, -0.15) is 4.31 Å². The van der Waals surface area contributed by atoms with Crippen LogP contribution in [0.15, 0.2) is 21.8 Å². The lowest BCUT2D eigenvalue weighted by Crippen LogP contribution is -2.28. The van der Waals surface area contributed by atoms with Gasteiger partial charge < -0.3 is 14.3 Å². The van der Waals surface area contributed by atoms with E-state index in [0.29, 0.717) is 0 Å². The Labute approximate surface area is 109 Å². The van der Waals surface area contributed by atoms with Crippen molar-refractivity contribution in [2.45, 2.75) is 11.5 Å². The van der Waals surface area contributed by atoms with Gasteiger partial charge in [0, 0.05) is 19.7 Å². The molecule has 0 spiro atoms. The zero-order valence-corrected chi connectivity index (χ0v) is 11.1. The lowest BCUT2D eigenvalue weighted by Gasteiger charge is -2.13. The molecule has 19 heavy (non-hydrogen) atoms. The summed E-state index contributed by atoms with van der Waals surface area (Å²) < 4.78 is 34.0. The molecule has 1 aromatic heterocycles. The first-order valence-electron chi connectivity index (χ1n) is 5.14. The van der Waals surface area contributed by atoms with Crippen LogP contribution in [0.1, 0.15) is 16.8 Å². The largest absolute Gasteiger partial charge is 0.481 e. The summed E-state index contributed by atoms with van der Waals surface area (Å²) in [4.78, 5) is 21.6. The molecule has 1 N–H and O–H groups in total. The Kier molecular flexibility index (Phi) is 4.67. The third-order valence-electron chi connectivity index (χ3n) is 2.30. The van der Waals surface area contributed by atoms with Crippen LogP contribution in [0.5, 0.6) is 0 Å². The van der Waals surface area contributed by atoms with Gasteiger partial charge in [0.05, 0.1) is 19.1 Å². The normalized spacial score (nSPS) is 11.5. The molecule has 0 aromatic carbocycles. The number of hydrogen-bond donors (Lipinski definition) is 1. The molecule has 0 radical (unpaired) electrons. The Morgan fingerprint density at radius 1 is 1.47 bits per heavy atom. The molecule has 9 heteroatoms. The van der Waals surface area contributed by atoms with Crippen LogP contribution in [0.4, 0.5) is 0 Å². The number of carbonyl (C=O) groups excluding carboxylic acids is 1. The highest BCUT2D eigenvalue weighted by Crippen LogP contribution is 2.18. The van der Waals surface area contributed by atoms with Crippen molar-refractivity contribution in [2.75, 3.05) is 20.7 Å². The molecule has 0 saturated heterocycles. The highest BCUT2D eigenvalue weighted by Gasteiger charge is 2.26. The Balaban J connectivity index is 2.91. The van der Waals surface area contributed by atoms with Crippen LogP contribution < -0.4 is 0 Å². The second-order valence-corrected chi connectivity index (χ2v) is 5.59. The van der Waals surface area contributed by atoms with Crippen LogP contribution in [0.3, 0.4) is 0 Å². The van der Waals surface area contributed by atoms with Gasteiger partial charge in [-0.15, -0.1) is 0 Å². The fourth-order valence-electron chi connectivity index (χ4n) is 1.20. The lowest BCUT2D eigenvalue weighted by atomic mass is 10.3. The monoisotopic (exact) mass is 291 g/mol. The minimum Gasteiger partial charge on any atom is -0.481 e. The maximum Gasteiger partial charge on any atom is 0.341 e. The van der Waals surface area contributed by atoms with Crippen LogP contribution in [0, 0.1) is 0 Å². The number of carbonyl (C=O) groups is 2. The van der Waals surface area contributed by atoms with Crippen molar-refractivity contribution in [3.05, 3.63) is 17.9 Å². The van der Waals surface area contributed by atoms with E-state index in [1.165, 1.54) is 7.05 Å². The summed E-state index contributed by atoms with van der Waals surface area (Å²) in [6.45, 7) is -0.202. The lowest BCUT2D eigenvalue weighted by molar-refractivity contribution is -0.137. The van der Waals surface area contributed by atoms with Gasteiger partial charge in [-0.05, 0) is 0 Å². The van der Waals surface area contributed by atoms with Crippen LogP contribution in [-0.2, 0) is 19.6 Å². The molecule has 0 fully saturated rings. The number of aliphatic carboxylic acids is 1. The summed E-state index contributed by atoms with van der Waals surface area (Å²) in [5.41, 5.74) is -0.0345. The molecule has 1 aromatic rings. The summed E-state index contributed by atoms with van der Waals surface area (Å²) in [7, 11) is -1.58. The predicted molar refractivity (Wildman–Crippen MR) is 62.1 cm³/mol. The third kappa shape index (κ3) is 3.55. The molecule has 1 rings (SSSR count). The first-order chi connectivity index (χ1) is 8.78. The average Bonchev–Trinajstić information content (AvgIpc) is 2.84. The van der Waals surface area contributed by atoms with Crippen molar-refractivity contribution in [1.29, 1.82) is 0 Å². The molecular formula is C10H13NO7S. The molecule has 106 valence electrons. The number of esters is 1. The zero-order chi connectivity index (χ0) is 14.6. The molecule has 0 atom stereocenters. The van der Waals surface area contributed by atoms with E-state index >= 15 is 0 Å². The first-order valence-corrected chi connectivity index (χ1v) is 6.58. The second kappa shape index (κ2) is 5.85. The number of carboxylic acid groups (broad SMARTS) is 1. The summed E-state index contributed by atoms with van der Waals surface area (Å²) in [6.07, 6.45) is 0.629. The van der Waals surface area contributed by atoms with Gasteiger partial charge in [-0.1, -0.05) is 0 Å². The first kappa shape index (κ1) is 15.2. The van der Waals surface area contributed by atoms with Crippen molar-refractivity contribution >= 4 is 22.0 Å². The molecular weight excluding hydrogens is 278 g/mol. The number of nitrogens with zero attached hydrogens (tertiary/aromatic N) is 1. The van der Waals surface area contributed by atoms with E-state index in [9.17, 15) is 18.0 Å². The van der Waals surface area contributed by atoms with Gasteiger partial charge in [-0.3, -0.25) is 4.79 Å². The van der Waals surface area contributed by atoms with E-state index in [-0.39, 0.29) is 18.5 Å². The van der Waals surface area contributed by atoms with Crippen LogP contribution in [0.25, 0.3) is 0 Å². The third-order valence-corrected chi connectivity index (χ3v) is 4.03. The number of carboxylic acids is 1. The Bertz CT molecular complexity index is 574. The summed E-state index contributed by atoms with van der Waals surface area (Å²) in [6, 6.07) is 1.03. The molecule has 0 aliphatic carbocycles. The minimum atomic E-state index is -3.96. The van der Waals surface area contributed by atoms with Crippen molar-refractivity contribution in [3.8, 4) is 0 Å². The predicted octanol–water partition coefficient (Wildman–Crippen LogP) is 0.161. The van der Waals surface area contributed by atoms with E-state index in [1.54, 1.807) is 0 Å². The molecule has 1 heterocycles. The fourth-order valence-corrected chi connectivity index (χ4v) is 2.29. The number of sulfonamides is 1. The van der Waals surface area contributed by atoms with Gasteiger partial charge >= 0.3 is 11.9 Å². The SMILES string of the molecule is COC(=O)c1coc(S(=O)(=O)N(C)CCC(=O)O)c1. The number of furan rings is 1. The van der Waals surface area contributed by atoms with Crippen LogP contribution in [-0.4, -0.2) is 50.5 Å². The zero-order valence-electron chi connectivity index (χ0n) is 10.3. The van der Waals surface area contributed by atoms with Gasteiger partial charge in [-0.25, -0.2) is 13.2 Å². The Morgan fingerprint density at radius 2 is 2.11 bits per heavy atom. The molecule has 0 aliphatic rings. The van der Waals surface area contributed by atoms with Crippen LogP contribution in [0.2, 0.25) is 0 Å². The summed E-state index contributed by atoms with van der Waals surface area (Å²) in [5, 5.41) is 8.06. The van der Waals surface area contributed by atoms with Gasteiger partial charge in [0.25, 0.3) is 10.0 Å². The maximum absolute atomic E-state index is 12.0. The van der Waals surface area contributed by atoms with E-state index < -0.39 is 27.1 Å². The Morgan fingerprint density at radius 3 is 2.63 bits per heavy atom. The van der Waals surface area contributed by atoms with Crippen molar-refractivity contribution < 1.29 is 32.3 Å². The highest BCUT2D eigenvalue weighted by molar-refractivity contribution is 7.89. The quantitative estimate of drug-likeness (QED) is 0.742. The van der Waals surface area contributed by atoms with E-state index in [1.807, 2.05) is 0 Å². The molecule has 0 saturated carbocycles. The fraction of sp³-hybridized carbons (Fsp3) is 0.400. The summed E-state index contributed by atoms with van der Waals surface area (Å²) in [5.74, 6) is -1.84. The molecule has 0 unspecified atom stereocenters. The van der Waals surface area contributed by atoms with Crippen molar-refractivity contribution in [2.24, 2.45) is 0 Å². The standard InChI is InChI=1S/C10H13NO7S/c1-11(4-3-8(12)13)19(15,16)9-5-7(6-18-9)10(14)17-2/h5-6H,3-4H2,1-2H3,(H,12,13). The molecule has 0 bridgehead atoms. The van der Waals surface area contributed by atoms with Crippen molar-refractivity contribution in [3.63, 3.8) is 0 Å². The van der Waals surface area contributed by atoms with Gasteiger partial charge in [0.15, 0.2) is 0 Å². The van der Waals surface area contributed by atoms with E-state index in [4.69, 9.17) is 9.52 Å². The summed E-state index contributed by atoms with van der Waals surface area (Å²) >= 11 is 0. The number of rotatable bonds is 6. The molecule has 0 amide bonds. The van der Waals surface area contributed by atoms with Gasteiger partial charge in [0.1, 0.15) is 6.26 Å². The molecule has 0 aliphatic heterocycles. The smallest absolute Gasteiger partial charge is 0.341 e. The highest BCUT2D eigenvalue weighted by atomic mass is 32.2. The van der Waals surface area contributed by atoms with Crippen LogP contribution >= 0.6 is 0 Å². The van der Waals surface area contributed by atoms with E-state index in [0.717, 1.165) is 23.7 Å². The van der Waals surface area contributed by atoms with Gasteiger partial charge in [0.2, 0.25) is 5.09 Å². The van der Waals surface area contributed by atoms with E-state index in [2.05, 4.69) is 4.74 Å². The average molecular weight is 291 g/mol. The Hall–Kier alpha value is -1.87. The number of hydrogen-bond acceptors (Lipinski definition) is 6. The number of methoxy groups -OCH3 is 1. The topological polar surface area (TPSA) is 114 Å².